The van der Waals surface area contributed by atoms with Crippen LogP contribution in [-0.4, -0.2) is 27.3 Å². The van der Waals surface area contributed by atoms with Crippen LogP contribution >= 0.6 is 0 Å². The van der Waals surface area contributed by atoms with E-state index in [9.17, 15) is 9.59 Å². The first-order valence-electron chi connectivity index (χ1n) is 7.06. The molecule has 0 saturated heterocycles. The predicted molar refractivity (Wildman–Crippen MR) is 85.1 cm³/mol. The Morgan fingerprint density at radius 3 is 2.78 bits per heavy atom. The number of carbonyl (C=O) groups is 1. The Bertz CT molecular complexity index is 921. The van der Waals surface area contributed by atoms with Gasteiger partial charge < -0.3 is 15.1 Å². The van der Waals surface area contributed by atoms with E-state index in [0.29, 0.717) is 16.8 Å². The molecule has 0 aliphatic heterocycles. The zero-order valence-electron chi connectivity index (χ0n) is 13.0. The van der Waals surface area contributed by atoms with Gasteiger partial charge in [0.05, 0.1) is 11.7 Å². The van der Waals surface area contributed by atoms with Gasteiger partial charge in [0.15, 0.2) is 5.58 Å². The minimum absolute atomic E-state index is 0.214. The summed E-state index contributed by atoms with van der Waals surface area (Å²) in [6, 6.07) is 4.53. The summed E-state index contributed by atoms with van der Waals surface area (Å²) >= 11 is 0. The van der Waals surface area contributed by atoms with Crippen LogP contribution in [0.15, 0.2) is 39.8 Å². The van der Waals surface area contributed by atoms with Crippen LogP contribution in [0.4, 0.5) is 5.69 Å². The number of oxazole rings is 1. The highest BCUT2D eigenvalue weighted by atomic mass is 16.4. The number of likely N-dealkylation sites (N-methyl/N-ethyl adjacent to an activating group) is 1. The zero-order valence-corrected chi connectivity index (χ0v) is 13.0. The lowest BCUT2D eigenvalue weighted by Gasteiger charge is -2.14. The molecule has 0 bridgehead atoms. The van der Waals surface area contributed by atoms with E-state index in [-0.39, 0.29) is 5.91 Å². The van der Waals surface area contributed by atoms with Gasteiger partial charge in [0.25, 0.3) is 0 Å². The van der Waals surface area contributed by atoms with Gasteiger partial charge in [-0.15, -0.1) is 0 Å². The Morgan fingerprint density at radius 2 is 2.13 bits per heavy atom. The summed E-state index contributed by atoms with van der Waals surface area (Å²) < 4.78 is 8.10. The molecular weight excluding hydrogens is 298 g/mol. The van der Waals surface area contributed by atoms with Gasteiger partial charge in [0.2, 0.25) is 5.91 Å². The fourth-order valence-electron chi connectivity index (χ4n) is 2.46. The van der Waals surface area contributed by atoms with E-state index in [4.69, 9.17) is 4.42 Å². The number of rotatable bonds is 4. The first-order valence-corrected chi connectivity index (χ1v) is 7.06. The Hall–Kier alpha value is -2.87. The molecule has 8 nitrogen and oxygen atoms in total. The topological polar surface area (TPSA) is 94.1 Å². The average Bonchev–Trinajstić information content (AvgIpc) is 3.05. The SMILES string of the molecule is CNC(C(=O)Nc1ccc2oc(=O)n(C)c2c1)c1cnn(C)c1. The van der Waals surface area contributed by atoms with Crippen molar-refractivity contribution < 1.29 is 9.21 Å². The third-order valence-electron chi connectivity index (χ3n) is 3.67. The third-order valence-corrected chi connectivity index (χ3v) is 3.67. The second-order valence-corrected chi connectivity index (χ2v) is 5.27. The maximum absolute atomic E-state index is 12.5. The van der Waals surface area contributed by atoms with E-state index in [1.54, 1.807) is 56.4 Å². The van der Waals surface area contributed by atoms with E-state index in [1.807, 2.05) is 0 Å². The summed E-state index contributed by atoms with van der Waals surface area (Å²) in [7, 11) is 5.12. The zero-order chi connectivity index (χ0) is 16.6. The van der Waals surface area contributed by atoms with Crippen molar-refractivity contribution in [1.82, 2.24) is 19.7 Å². The maximum atomic E-state index is 12.5. The highest BCUT2D eigenvalue weighted by Crippen LogP contribution is 2.20. The van der Waals surface area contributed by atoms with Gasteiger partial charge in [-0.05, 0) is 25.2 Å². The summed E-state index contributed by atoms with van der Waals surface area (Å²) in [5.74, 6) is -0.653. The van der Waals surface area contributed by atoms with E-state index >= 15 is 0 Å². The van der Waals surface area contributed by atoms with Gasteiger partial charge in [-0.2, -0.15) is 5.10 Å². The molecule has 23 heavy (non-hydrogen) atoms. The Labute approximate surface area is 131 Å². The molecule has 1 atom stereocenters. The third kappa shape index (κ3) is 2.76. The molecule has 1 amide bonds. The van der Waals surface area contributed by atoms with Crippen LogP contribution in [0, 0.1) is 0 Å². The van der Waals surface area contributed by atoms with Crippen LogP contribution in [0.3, 0.4) is 0 Å². The molecule has 0 radical (unpaired) electrons. The van der Waals surface area contributed by atoms with Crippen molar-refractivity contribution in [3.63, 3.8) is 0 Å². The fraction of sp³-hybridized carbons (Fsp3) is 0.267. The smallest absolute Gasteiger partial charge is 0.408 e. The quantitative estimate of drug-likeness (QED) is 0.741. The van der Waals surface area contributed by atoms with Crippen LogP contribution in [0.25, 0.3) is 11.1 Å². The molecular formula is C15H17N5O3. The number of anilines is 1. The van der Waals surface area contributed by atoms with Gasteiger partial charge in [-0.3, -0.25) is 14.0 Å². The van der Waals surface area contributed by atoms with Crippen molar-refractivity contribution in [2.75, 3.05) is 12.4 Å². The molecule has 120 valence electrons. The van der Waals surface area contributed by atoms with Gasteiger partial charge >= 0.3 is 5.76 Å². The first kappa shape index (κ1) is 15.0. The number of hydrogen-bond acceptors (Lipinski definition) is 5. The first-order chi connectivity index (χ1) is 11.0. The van der Waals surface area contributed by atoms with E-state index in [0.717, 1.165) is 5.56 Å². The molecule has 0 aliphatic carbocycles. The number of fused-ring (bicyclic) bond motifs is 1. The highest BCUT2D eigenvalue weighted by molar-refractivity contribution is 5.96. The lowest BCUT2D eigenvalue weighted by Crippen LogP contribution is -2.30. The number of hydrogen-bond donors (Lipinski definition) is 2. The van der Waals surface area contributed by atoms with Gasteiger partial charge in [0, 0.05) is 31.5 Å². The van der Waals surface area contributed by atoms with Crippen LogP contribution in [0.1, 0.15) is 11.6 Å². The molecule has 3 aromatic rings. The summed E-state index contributed by atoms with van der Waals surface area (Å²) in [5, 5.41) is 9.88. The standard InChI is InChI=1S/C15H17N5O3/c1-16-13(9-7-17-19(2)8-9)14(21)18-10-4-5-12-11(6-10)20(3)15(22)23-12/h4-8,13,16H,1-3H3,(H,18,21). The Morgan fingerprint density at radius 1 is 1.35 bits per heavy atom. The minimum atomic E-state index is -0.521. The van der Waals surface area contributed by atoms with Gasteiger partial charge in [-0.1, -0.05) is 0 Å². The molecule has 2 N–H and O–H groups in total. The molecule has 0 saturated carbocycles. The number of nitrogens with zero attached hydrogens (tertiary/aromatic N) is 3. The minimum Gasteiger partial charge on any atom is -0.408 e. The number of nitrogens with one attached hydrogen (secondary N) is 2. The predicted octanol–water partition coefficient (Wildman–Crippen LogP) is 0.764. The lowest BCUT2D eigenvalue weighted by molar-refractivity contribution is -0.118. The Balaban J connectivity index is 1.86. The van der Waals surface area contributed by atoms with Crippen LogP contribution in [-0.2, 0) is 18.9 Å². The number of benzene rings is 1. The molecule has 2 aromatic heterocycles. The normalized spacial score (nSPS) is 12.5. The van der Waals surface area contributed by atoms with Crippen LogP contribution < -0.4 is 16.4 Å². The van der Waals surface area contributed by atoms with Crippen LogP contribution in [0.5, 0.6) is 0 Å². The molecule has 0 aliphatic rings. The maximum Gasteiger partial charge on any atom is 0.419 e. The van der Waals surface area contributed by atoms with Crippen molar-refractivity contribution in [2.45, 2.75) is 6.04 Å². The fourth-order valence-corrected chi connectivity index (χ4v) is 2.46. The molecule has 0 fully saturated rings. The van der Waals surface area contributed by atoms with E-state index < -0.39 is 11.8 Å². The summed E-state index contributed by atoms with van der Waals surface area (Å²) in [6.07, 6.45) is 3.42. The van der Waals surface area contributed by atoms with Crippen molar-refractivity contribution >= 4 is 22.7 Å². The van der Waals surface area contributed by atoms with Crippen LogP contribution in [0.2, 0.25) is 0 Å². The summed E-state index contributed by atoms with van der Waals surface area (Å²) in [4.78, 5) is 24.0. The molecule has 8 heteroatoms. The molecule has 2 heterocycles. The largest absolute Gasteiger partial charge is 0.419 e. The van der Waals surface area contributed by atoms with Crippen molar-refractivity contribution in [1.29, 1.82) is 0 Å². The molecule has 0 spiro atoms. The number of carbonyl (C=O) groups excluding carboxylic acids is 1. The second kappa shape index (κ2) is 5.73. The second-order valence-electron chi connectivity index (χ2n) is 5.27. The summed E-state index contributed by atoms with van der Waals surface area (Å²) in [6.45, 7) is 0. The number of amides is 1. The van der Waals surface area contributed by atoms with Crippen molar-refractivity contribution in [3.8, 4) is 0 Å². The molecule has 1 aromatic carbocycles. The lowest BCUT2D eigenvalue weighted by atomic mass is 10.1. The summed E-state index contributed by atoms with van der Waals surface area (Å²) in [5.41, 5.74) is 2.45. The van der Waals surface area contributed by atoms with Crippen molar-refractivity contribution in [3.05, 3.63) is 46.7 Å². The average molecular weight is 315 g/mol. The van der Waals surface area contributed by atoms with Gasteiger partial charge in [-0.25, -0.2) is 4.79 Å². The highest BCUT2D eigenvalue weighted by Gasteiger charge is 2.20. The number of aromatic nitrogens is 3. The molecule has 1 unspecified atom stereocenters. The monoisotopic (exact) mass is 315 g/mol. The van der Waals surface area contributed by atoms with Gasteiger partial charge in [0.1, 0.15) is 6.04 Å². The van der Waals surface area contributed by atoms with Crippen molar-refractivity contribution in [2.24, 2.45) is 14.1 Å². The van der Waals surface area contributed by atoms with E-state index in [1.165, 1.54) is 4.57 Å². The Kier molecular flexibility index (Phi) is 3.75. The van der Waals surface area contributed by atoms with E-state index in [2.05, 4.69) is 15.7 Å². The molecule has 3 rings (SSSR count). The number of aryl methyl sites for hydroxylation is 2.